The van der Waals surface area contributed by atoms with Crippen LogP contribution >= 0.6 is 0 Å². The third-order valence-corrected chi connectivity index (χ3v) is 4.13. The van der Waals surface area contributed by atoms with E-state index < -0.39 is 0 Å². The van der Waals surface area contributed by atoms with E-state index in [1.165, 1.54) is 0 Å². The number of allylic oxidation sites excluding steroid dienone is 4. The summed E-state index contributed by atoms with van der Waals surface area (Å²) >= 11 is 0. The van der Waals surface area contributed by atoms with Gasteiger partial charge in [0, 0.05) is 24.7 Å². The fourth-order valence-electron chi connectivity index (χ4n) is 2.71. The second-order valence-corrected chi connectivity index (χ2v) is 5.98. The minimum atomic E-state index is -0.156. The number of hydrogen-bond donors (Lipinski definition) is 1. The molecule has 2 nitrogen and oxygen atoms in total. The van der Waals surface area contributed by atoms with E-state index in [2.05, 4.69) is 34.2 Å². The zero-order valence-electron chi connectivity index (χ0n) is 14.5. The van der Waals surface area contributed by atoms with Crippen molar-refractivity contribution in [1.82, 2.24) is 5.32 Å². The summed E-state index contributed by atoms with van der Waals surface area (Å²) in [6.07, 6.45) is 9.38. The van der Waals surface area contributed by atoms with Crippen LogP contribution in [-0.4, -0.2) is 30.4 Å². The molecule has 1 aliphatic rings. The van der Waals surface area contributed by atoms with Crippen LogP contribution in [0.1, 0.15) is 31.4 Å². The van der Waals surface area contributed by atoms with Gasteiger partial charge in [-0.25, -0.2) is 8.97 Å². The largest absolute Gasteiger partial charge is 0.392 e. The number of benzene rings is 1. The molecule has 0 bridgehead atoms. The third kappa shape index (κ3) is 4.41. The molecule has 0 radical (unpaired) electrons. The van der Waals surface area contributed by atoms with Crippen LogP contribution in [0.5, 0.6) is 0 Å². The Morgan fingerprint density at radius 3 is 2.83 bits per heavy atom. The molecule has 1 aliphatic heterocycles. The maximum absolute atomic E-state index is 14.6. The summed E-state index contributed by atoms with van der Waals surface area (Å²) in [5.74, 6) is -0.156. The summed E-state index contributed by atoms with van der Waals surface area (Å²) in [6.45, 7) is 7.63. The van der Waals surface area contributed by atoms with Crippen molar-refractivity contribution in [2.75, 3.05) is 20.1 Å². The van der Waals surface area contributed by atoms with Crippen molar-refractivity contribution in [3.63, 3.8) is 0 Å². The molecule has 2 rings (SSSR count). The molecule has 23 heavy (non-hydrogen) atoms. The fourth-order valence-corrected chi connectivity index (χ4v) is 2.71. The van der Waals surface area contributed by atoms with Gasteiger partial charge in [-0.3, -0.25) is 0 Å². The van der Waals surface area contributed by atoms with E-state index in [4.69, 9.17) is 0 Å². The summed E-state index contributed by atoms with van der Waals surface area (Å²) in [5, 5.41) is 3.14. The van der Waals surface area contributed by atoms with E-state index in [0.29, 0.717) is 5.56 Å². The summed E-state index contributed by atoms with van der Waals surface area (Å²) in [7, 11) is 1.91. The van der Waals surface area contributed by atoms with Crippen LogP contribution in [-0.2, 0) is 0 Å². The Kier molecular flexibility index (Phi) is 5.91. The van der Waals surface area contributed by atoms with E-state index in [9.17, 15) is 4.39 Å². The van der Waals surface area contributed by atoms with Crippen molar-refractivity contribution < 1.29 is 8.97 Å². The molecule has 1 heterocycles. The summed E-state index contributed by atoms with van der Waals surface area (Å²) < 4.78 is 16.8. The maximum atomic E-state index is 14.6. The number of nitrogens with zero attached hydrogens (tertiary/aromatic N) is 1. The van der Waals surface area contributed by atoms with Gasteiger partial charge in [0.2, 0.25) is 5.71 Å². The second-order valence-electron chi connectivity index (χ2n) is 5.98. The molecule has 0 unspecified atom stereocenters. The molecule has 3 heteroatoms. The van der Waals surface area contributed by atoms with Gasteiger partial charge in [-0.2, -0.15) is 0 Å². The molecule has 1 aromatic rings. The number of hydrogen-bond acceptors (Lipinski definition) is 1. The van der Waals surface area contributed by atoms with E-state index in [0.717, 1.165) is 42.1 Å². The first-order valence-electron chi connectivity index (χ1n) is 8.09. The fraction of sp³-hybridized carbons (Fsp3) is 0.350. The van der Waals surface area contributed by atoms with Crippen molar-refractivity contribution in [2.24, 2.45) is 0 Å². The minimum Gasteiger partial charge on any atom is -0.392 e. The summed E-state index contributed by atoms with van der Waals surface area (Å²) in [4.78, 5) is 0. The van der Waals surface area contributed by atoms with Gasteiger partial charge < -0.3 is 5.32 Å². The van der Waals surface area contributed by atoms with Crippen molar-refractivity contribution in [2.45, 2.75) is 27.2 Å². The van der Waals surface area contributed by atoms with Crippen molar-refractivity contribution in [3.05, 3.63) is 70.7 Å². The van der Waals surface area contributed by atoms with Gasteiger partial charge in [-0.1, -0.05) is 24.3 Å². The highest BCUT2D eigenvalue weighted by Gasteiger charge is 2.22. The summed E-state index contributed by atoms with van der Waals surface area (Å²) in [5.41, 5.74) is 4.80. The van der Waals surface area contributed by atoms with Crippen molar-refractivity contribution in [3.8, 4) is 0 Å². The zero-order chi connectivity index (χ0) is 16.8. The standard InChI is InChI=1S/C20H26FN2/c1-15-9-10-18(19(21)14-15)20-16(2)8-6-5-7-12-23(20)13-11-17(3)22-4/h5-6,8-11,14,22H,7,12-13H2,1-4H3/q+1/b6-5-,16-8+,17-11+,23-20?. The molecular weight excluding hydrogens is 287 g/mol. The molecule has 0 fully saturated rings. The Balaban J connectivity index is 2.56. The van der Waals surface area contributed by atoms with Gasteiger partial charge in [0.25, 0.3) is 0 Å². The number of rotatable bonds is 4. The molecule has 1 N–H and O–H groups in total. The van der Waals surface area contributed by atoms with Crippen LogP contribution in [0.4, 0.5) is 4.39 Å². The maximum Gasteiger partial charge on any atom is 0.213 e. The van der Waals surface area contributed by atoms with Crippen LogP contribution in [0.25, 0.3) is 0 Å². The summed E-state index contributed by atoms with van der Waals surface area (Å²) in [6, 6.07) is 5.47. The average molecular weight is 313 g/mol. The Morgan fingerprint density at radius 1 is 1.35 bits per heavy atom. The van der Waals surface area contributed by atoms with E-state index >= 15 is 0 Å². The highest BCUT2D eigenvalue weighted by atomic mass is 19.1. The lowest BCUT2D eigenvalue weighted by Crippen LogP contribution is -2.26. The van der Waals surface area contributed by atoms with Gasteiger partial charge in [-0.05, 0) is 44.5 Å². The van der Waals surface area contributed by atoms with Crippen LogP contribution < -0.4 is 5.32 Å². The lowest BCUT2D eigenvalue weighted by atomic mass is 9.99. The zero-order valence-corrected chi connectivity index (χ0v) is 14.5. The van der Waals surface area contributed by atoms with Gasteiger partial charge in [0.05, 0.1) is 5.56 Å². The quantitative estimate of drug-likeness (QED) is 0.831. The number of nitrogens with one attached hydrogen (secondary N) is 1. The smallest absolute Gasteiger partial charge is 0.213 e. The molecule has 0 saturated heterocycles. The lowest BCUT2D eigenvalue weighted by Gasteiger charge is -2.13. The Morgan fingerprint density at radius 2 is 2.13 bits per heavy atom. The highest BCUT2D eigenvalue weighted by molar-refractivity contribution is 6.09. The van der Waals surface area contributed by atoms with E-state index in [-0.39, 0.29) is 5.82 Å². The molecule has 0 atom stereocenters. The third-order valence-electron chi connectivity index (χ3n) is 4.13. The van der Waals surface area contributed by atoms with Crippen LogP contribution in [0, 0.1) is 12.7 Å². The average Bonchev–Trinajstić information content (AvgIpc) is 2.51. The van der Waals surface area contributed by atoms with Gasteiger partial charge in [0.1, 0.15) is 12.4 Å². The second kappa shape index (κ2) is 7.91. The van der Waals surface area contributed by atoms with Crippen LogP contribution in [0.2, 0.25) is 0 Å². The molecule has 0 saturated carbocycles. The molecule has 0 spiro atoms. The first-order chi connectivity index (χ1) is 11.0. The number of halogens is 1. The molecule has 0 amide bonds. The minimum absolute atomic E-state index is 0.156. The normalized spacial score (nSPS) is 19.7. The Bertz CT molecular complexity index is 694. The Hall–Kier alpha value is -2.16. The van der Waals surface area contributed by atoms with Gasteiger partial charge in [0.15, 0.2) is 6.54 Å². The van der Waals surface area contributed by atoms with Crippen LogP contribution in [0.15, 0.2) is 53.8 Å². The molecule has 122 valence electrons. The van der Waals surface area contributed by atoms with Gasteiger partial charge >= 0.3 is 0 Å². The molecule has 1 aromatic carbocycles. The van der Waals surface area contributed by atoms with E-state index in [1.54, 1.807) is 6.07 Å². The first kappa shape index (κ1) is 17.2. The first-order valence-corrected chi connectivity index (χ1v) is 8.09. The highest BCUT2D eigenvalue weighted by Crippen LogP contribution is 2.17. The SMILES string of the molecule is CN/C(C)=C/C[N+]1=C(c2ccc(C)cc2F)/C(C)=C/C=C\CC1. The Labute approximate surface area is 138 Å². The molecule has 0 aromatic heterocycles. The van der Waals surface area contributed by atoms with Crippen molar-refractivity contribution in [1.29, 1.82) is 0 Å². The predicted octanol–water partition coefficient (Wildman–Crippen LogP) is 3.97. The number of aryl methyl sites for hydroxylation is 1. The lowest BCUT2D eigenvalue weighted by molar-refractivity contribution is -0.516. The van der Waals surface area contributed by atoms with Crippen LogP contribution in [0.3, 0.4) is 0 Å². The predicted molar refractivity (Wildman–Crippen MR) is 95.6 cm³/mol. The van der Waals surface area contributed by atoms with Crippen molar-refractivity contribution >= 4 is 5.71 Å². The van der Waals surface area contributed by atoms with E-state index in [1.807, 2.05) is 40.0 Å². The molecule has 0 aliphatic carbocycles. The van der Waals surface area contributed by atoms with Gasteiger partial charge in [-0.15, -0.1) is 0 Å². The monoisotopic (exact) mass is 313 g/mol. The topological polar surface area (TPSA) is 15.0 Å². The molecular formula is C20H26FN2+.